The molecule has 178 valence electrons. The predicted octanol–water partition coefficient (Wildman–Crippen LogP) is 4.27. The second kappa shape index (κ2) is 12.5. The first-order chi connectivity index (χ1) is 16.9. The molecule has 0 saturated carbocycles. The average Bonchev–Trinajstić information content (AvgIpc) is 2.85. The number of rotatable bonds is 9. The second-order valence-electron chi connectivity index (χ2n) is 7.41. The van der Waals surface area contributed by atoms with E-state index in [0.29, 0.717) is 34.9 Å². The number of carbonyl (C=O) groups excluding carboxylic acids is 2. The van der Waals surface area contributed by atoms with E-state index in [9.17, 15) is 9.59 Å². The fourth-order valence-corrected chi connectivity index (χ4v) is 3.01. The smallest absolute Gasteiger partial charge is 0.343 e. The summed E-state index contributed by atoms with van der Waals surface area (Å²) in [6.45, 7) is 2.23. The molecule has 0 fully saturated rings. The van der Waals surface area contributed by atoms with Crippen molar-refractivity contribution in [2.75, 3.05) is 24.7 Å². The fraction of sp³-hybridized carbons (Fsp3) is 0.143. The Bertz CT molecular complexity index is 1250. The maximum atomic E-state index is 12.4. The van der Waals surface area contributed by atoms with Gasteiger partial charge in [-0.25, -0.2) is 9.59 Å². The van der Waals surface area contributed by atoms with E-state index in [1.165, 1.54) is 6.08 Å². The topological polar surface area (TPSA) is 114 Å². The van der Waals surface area contributed by atoms with Crippen LogP contribution in [0, 0.1) is 11.8 Å². The third-order valence-corrected chi connectivity index (χ3v) is 4.87. The van der Waals surface area contributed by atoms with Gasteiger partial charge in [0.2, 0.25) is 0 Å². The minimum atomic E-state index is -0.487. The average molecular weight is 471 g/mol. The van der Waals surface area contributed by atoms with Gasteiger partial charge in [-0.2, -0.15) is 0 Å². The number of ether oxygens (including phenoxy) is 3. The van der Waals surface area contributed by atoms with Crippen molar-refractivity contribution in [1.29, 1.82) is 0 Å². The van der Waals surface area contributed by atoms with Gasteiger partial charge in [0.25, 0.3) is 0 Å². The molecule has 35 heavy (non-hydrogen) atoms. The molecule has 0 aliphatic heterocycles. The highest BCUT2D eigenvalue weighted by atomic mass is 16.5. The Morgan fingerprint density at radius 2 is 1.66 bits per heavy atom. The number of benzene rings is 3. The van der Waals surface area contributed by atoms with Gasteiger partial charge in [0.05, 0.1) is 12.2 Å². The largest absolute Gasteiger partial charge is 0.481 e. The predicted molar refractivity (Wildman–Crippen MR) is 136 cm³/mol. The van der Waals surface area contributed by atoms with E-state index in [4.69, 9.17) is 25.7 Å². The van der Waals surface area contributed by atoms with Crippen molar-refractivity contribution in [3.05, 3.63) is 89.5 Å². The van der Waals surface area contributed by atoms with Crippen molar-refractivity contribution < 1.29 is 23.8 Å². The number of carbonyl (C=O) groups is 2. The lowest BCUT2D eigenvalue weighted by molar-refractivity contribution is -0.137. The minimum absolute atomic E-state index is 0.201. The Kier molecular flexibility index (Phi) is 8.92. The van der Waals surface area contributed by atoms with Crippen LogP contribution < -0.4 is 20.9 Å². The molecule has 0 heterocycles. The summed E-state index contributed by atoms with van der Waals surface area (Å²) in [6, 6.07) is 18.6. The molecule has 0 bridgehead atoms. The summed E-state index contributed by atoms with van der Waals surface area (Å²) in [5.41, 5.74) is 14.7. The summed E-state index contributed by atoms with van der Waals surface area (Å²) < 4.78 is 16.0. The van der Waals surface area contributed by atoms with Gasteiger partial charge in [-0.3, -0.25) is 0 Å². The highest BCUT2D eigenvalue weighted by Gasteiger charge is 2.09. The number of anilines is 2. The second-order valence-corrected chi connectivity index (χ2v) is 7.41. The summed E-state index contributed by atoms with van der Waals surface area (Å²) in [5.74, 6) is 5.59. The zero-order chi connectivity index (χ0) is 25.0. The molecule has 0 aliphatic rings. The molecule has 0 atom stereocenters. The maximum Gasteiger partial charge on any atom is 0.343 e. The third-order valence-electron chi connectivity index (χ3n) is 4.87. The highest BCUT2D eigenvalue weighted by Crippen LogP contribution is 2.18. The van der Waals surface area contributed by atoms with Crippen LogP contribution in [0.5, 0.6) is 11.5 Å². The van der Waals surface area contributed by atoms with Crippen LogP contribution in [0.2, 0.25) is 0 Å². The molecule has 0 spiro atoms. The van der Waals surface area contributed by atoms with Crippen LogP contribution in [0.1, 0.15) is 28.4 Å². The van der Waals surface area contributed by atoms with Gasteiger partial charge in [0.1, 0.15) is 18.1 Å². The summed E-state index contributed by atoms with van der Waals surface area (Å²) in [6.07, 6.45) is 3.45. The number of hydrogen-bond donors (Lipinski definition) is 2. The van der Waals surface area contributed by atoms with Gasteiger partial charge in [-0.05, 0) is 72.7 Å². The Hall–Kier alpha value is -4.70. The SMILES string of the molecule is CC#CCOc1ccc(C(=O)Oc2ccc(/C=C/C(=O)OCCc3ccc(N)cc3N)cc2)cc1. The van der Waals surface area contributed by atoms with Gasteiger partial charge in [-0.1, -0.05) is 24.1 Å². The van der Waals surface area contributed by atoms with E-state index >= 15 is 0 Å². The maximum absolute atomic E-state index is 12.4. The summed E-state index contributed by atoms with van der Waals surface area (Å²) in [4.78, 5) is 24.3. The number of hydrogen-bond acceptors (Lipinski definition) is 7. The van der Waals surface area contributed by atoms with Crippen molar-refractivity contribution in [1.82, 2.24) is 0 Å². The van der Waals surface area contributed by atoms with Crippen LogP contribution in [0.15, 0.2) is 72.8 Å². The first-order valence-corrected chi connectivity index (χ1v) is 10.9. The molecule has 3 aromatic rings. The van der Waals surface area contributed by atoms with Crippen LogP contribution in [0.25, 0.3) is 6.08 Å². The number of esters is 2. The molecular weight excluding hydrogens is 444 g/mol. The first kappa shape index (κ1) is 24.9. The van der Waals surface area contributed by atoms with Gasteiger partial charge in [0, 0.05) is 23.9 Å². The Morgan fingerprint density at radius 1 is 0.943 bits per heavy atom. The lowest BCUT2D eigenvalue weighted by atomic mass is 10.1. The molecule has 4 N–H and O–H groups in total. The van der Waals surface area contributed by atoms with Crippen molar-refractivity contribution in [3.8, 4) is 23.3 Å². The minimum Gasteiger partial charge on any atom is -0.481 e. The van der Waals surface area contributed by atoms with Gasteiger partial charge < -0.3 is 25.7 Å². The molecule has 0 saturated heterocycles. The van der Waals surface area contributed by atoms with E-state index in [-0.39, 0.29) is 13.2 Å². The molecule has 3 aromatic carbocycles. The van der Waals surface area contributed by atoms with E-state index in [1.807, 2.05) is 6.07 Å². The van der Waals surface area contributed by atoms with Gasteiger partial charge >= 0.3 is 11.9 Å². The lowest BCUT2D eigenvalue weighted by Gasteiger charge is -2.07. The van der Waals surface area contributed by atoms with Crippen molar-refractivity contribution in [3.63, 3.8) is 0 Å². The normalized spacial score (nSPS) is 10.3. The fourth-order valence-electron chi connectivity index (χ4n) is 3.01. The first-order valence-electron chi connectivity index (χ1n) is 10.9. The number of nitrogens with two attached hydrogens (primary N) is 2. The number of nitrogen functional groups attached to an aromatic ring is 2. The van der Waals surface area contributed by atoms with Gasteiger partial charge in [0.15, 0.2) is 0 Å². The van der Waals surface area contributed by atoms with Crippen molar-refractivity contribution in [2.45, 2.75) is 13.3 Å². The summed E-state index contributed by atoms with van der Waals surface area (Å²) in [5, 5.41) is 0. The monoisotopic (exact) mass is 470 g/mol. The van der Waals surface area contributed by atoms with Crippen LogP contribution >= 0.6 is 0 Å². The molecule has 0 radical (unpaired) electrons. The van der Waals surface area contributed by atoms with E-state index in [0.717, 1.165) is 11.1 Å². The van der Waals surface area contributed by atoms with Crippen LogP contribution in [0.4, 0.5) is 11.4 Å². The zero-order valence-electron chi connectivity index (χ0n) is 19.3. The van der Waals surface area contributed by atoms with E-state index in [1.54, 1.807) is 73.7 Å². The lowest BCUT2D eigenvalue weighted by Crippen LogP contribution is -2.08. The standard InChI is InChI=1S/C28H26N2O5/c1-2-3-17-33-24-13-8-22(9-14-24)28(32)35-25-11-4-20(5-12-25)6-15-27(31)34-18-16-21-7-10-23(29)19-26(21)30/h4-15,19H,16-18,29-30H2,1H3/b15-6+. The van der Waals surface area contributed by atoms with Crippen LogP contribution in [-0.2, 0) is 16.0 Å². The summed E-state index contributed by atoms with van der Waals surface area (Å²) >= 11 is 0. The van der Waals surface area contributed by atoms with Crippen molar-refractivity contribution in [2.24, 2.45) is 0 Å². The molecule has 0 aliphatic carbocycles. The Labute approximate surface area is 204 Å². The molecule has 3 rings (SSSR count). The molecule has 0 amide bonds. The molecule has 0 unspecified atom stereocenters. The highest BCUT2D eigenvalue weighted by molar-refractivity contribution is 5.91. The van der Waals surface area contributed by atoms with Crippen LogP contribution in [0.3, 0.4) is 0 Å². The Balaban J connectivity index is 1.46. The molecular formula is C28H26N2O5. The molecule has 0 aromatic heterocycles. The summed E-state index contributed by atoms with van der Waals surface area (Å²) in [7, 11) is 0. The quantitative estimate of drug-likeness (QED) is 0.158. The third kappa shape index (κ3) is 7.98. The Morgan fingerprint density at radius 3 is 2.34 bits per heavy atom. The van der Waals surface area contributed by atoms with Crippen LogP contribution in [-0.4, -0.2) is 25.2 Å². The van der Waals surface area contributed by atoms with Gasteiger partial charge in [-0.15, -0.1) is 5.92 Å². The zero-order valence-corrected chi connectivity index (χ0v) is 19.3. The molecule has 7 nitrogen and oxygen atoms in total. The van der Waals surface area contributed by atoms with E-state index in [2.05, 4.69) is 11.8 Å². The molecule has 7 heteroatoms. The van der Waals surface area contributed by atoms with Crippen molar-refractivity contribution >= 4 is 29.4 Å². The van der Waals surface area contributed by atoms with E-state index < -0.39 is 11.9 Å².